The maximum Gasteiger partial charge on any atom is 0.320 e. The predicted octanol–water partition coefficient (Wildman–Crippen LogP) is -0.659. The van der Waals surface area contributed by atoms with Gasteiger partial charge in [-0.2, -0.15) is 0 Å². The molecule has 0 aliphatic carbocycles. The van der Waals surface area contributed by atoms with Crippen molar-refractivity contribution in [1.29, 1.82) is 0 Å². The number of hydrogen-bond donors (Lipinski definition) is 2. The first-order chi connectivity index (χ1) is 8.24. The van der Waals surface area contributed by atoms with E-state index < -0.39 is 12.0 Å². The van der Waals surface area contributed by atoms with E-state index in [1.165, 1.54) is 0 Å². The second kappa shape index (κ2) is 8.16. The molecular formula is C11H20N2O4. The molecule has 0 radical (unpaired) electrons. The lowest BCUT2D eigenvalue weighted by Crippen LogP contribution is -2.44. The molecule has 0 aromatic rings. The van der Waals surface area contributed by atoms with Gasteiger partial charge < -0.3 is 20.0 Å². The molecule has 1 heterocycles. The molecule has 0 saturated carbocycles. The van der Waals surface area contributed by atoms with E-state index in [1.807, 2.05) is 0 Å². The van der Waals surface area contributed by atoms with Crippen molar-refractivity contribution in [3.63, 3.8) is 0 Å². The zero-order chi connectivity index (χ0) is 12.5. The molecule has 6 nitrogen and oxygen atoms in total. The maximum absolute atomic E-state index is 10.9. The number of hydrogen-bond acceptors (Lipinski definition) is 5. The largest absolute Gasteiger partial charge is 0.480 e. The Labute approximate surface area is 101 Å². The van der Waals surface area contributed by atoms with Gasteiger partial charge in [0.05, 0.1) is 13.2 Å². The average Bonchev–Trinajstić information content (AvgIpc) is 2.34. The van der Waals surface area contributed by atoms with Crippen LogP contribution in [0.2, 0.25) is 0 Å². The summed E-state index contributed by atoms with van der Waals surface area (Å²) < 4.78 is 5.22. The molecule has 0 aromatic heterocycles. The monoisotopic (exact) mass is 244 g/mol. The Morgan fingerprint density at radius 2 is 2.18 bits per heavy atom. The summed E-state index contributed by atoms with van der Waals surface area (Å²) >= 11 is 0. The summed E-state index contributed by atoms with van der Waals surface area (Å²) in [6.07, 6.45) is 1.38. The van der Waals surface area contributed by atoms with Crippen LogP contribution in [0.15, 0.2) is 0 Å². The van der Waals surface area contributed by atoms with E-state index >= 15 is 0 Å². The molecule has 1 rings (SSSR count). The third kappa shape index (κ3) is 5.76. The van der Waals surface area contributed by atoms with E-state index in [1.54, 1.807) is 0 Å². The summed E-state index contributed by atoms with van der Waals surface area (Å²) in [4.78, 5) is 23.3. The summed E-state index contributed by atoms with van der Waals surface area (Å²) in [6, 6.07) is -0.624. The van der Waals surface area contributed by atoms with Crippen LogP contribution in [0.3, 0.4) is 0 Å². The van der Waals surface area contributed by atoms with Crippen molar-refractivity contribution in [2.45, 2.75) is 18.9 Å². The standard InChI is InChI=1S/C11H20N2O4/c14-7-1-2-10(11(15)16)12-3-4-13-5-8-17-9-6-13/h7,10,12H,1-6,8-9H2,(H,15,16). The fourth-order valence-electron chi connectivity index (χ4n) is 1.77. The molecule has 17 heavy (non-hydrogen) atoms. The Morgan fingerprint density at radius 1 is 1.47 bits per heavy atom. The number of nitrogens with zero attached hydrogens (tertiary/aromatic N) is 1. The zero-order valence-electron chi connectivity index (χ0n) is 9.93. The summed E-state index contributed by atoms with van der Waals surface area (Å²) in [6.45, 7) is 4.71. The molecule has 2 N–H and O–H groups in total. The van der Waals surface area contributed by atoms with Crippen LogP contribution in [0, 0.1) is 0 Å². The van der Waals surface area contributed by atoms with Crippen LogP contribution in [0.1, 0.15) is 12.8 Å². The number of ether oxygens (including phenoxy) is 1. The highest BCUT2D eigenvalue weighted by atomic mass is 16.5. The predicted molar refractivity (Wildman–Crippen MR) is 62.0 cm³/mol. The van der Waals surface area contributed by atoms with Gasteiger partial charge in [0.15, 0.2) is 0 Å². The van der Waals surface area contributed by atoms with Crippen molar-refractivity contribution in [3.05, 3.63) is 0 Å². The second-order valence-corrected chi connectivity index (χ2v) is 4.04. The van der Waals surface area contributed by atoms with Crippen LogP contribution in [0.4, 0.5) is 0 Å². The molecule has 1 saturated heterocycles. The van der Waals surface area contributed by atoms with E-state index in [0.29, 0.717) is 13.0 Å². The first kappa shape index (κ1) is 14.1. The topological polar surface area (TPSA) is 78.9 Å². The smallest absolute Gasteiger partial charge is 0.320 e. The lowest BCUT2D eigenvalue weighted by molar-refractivity contribution is -0.139. The summed E-state index contributed by atoms with van der Waals surface area (Å²) in [5, 5.41) is 11.9. The van der Waals surface area contributed by atoms with Gasteiger partial charge >= 0.3 is 5.97 Å². The third-order valence-electron chi connectivity index (χ3n) is 2.79. The Kier molecular flexibility index (Phi) is 6.76. The molecule has 0 amide bonds. The van der Waals surface area contributed by atoms with Crippen LogP contribution in [-0.2, 0) is 14.3 Å². The lowest BCUT2D eigenvalue weighted by atomic mass is 10.1. The van der Waals surface area contributed by atoms with Crippen molar-refractivity contribution in [3.8, 4) is 0 Å². The van der Waals surface area contributed by atoms with Crippen molar-refractivity contribution in [2.75, 3.05) is 39.4 Å². The Hall–Kier alpha value is -0.980. The van der Waals surface area contributed by atoms with Gasteiger partial charge in [-0.15, -0.1) is 0 Å². The molecule has 1 atom stereocenters. The summed E-state index contributed by atoms with van der Waals surface area (Å²) in [5.74, 6) is -0.895. The van der Waals surface area contributed by atoms with Gasteiger partial charge in [0.25, 0.3) is 0 Å². The van der Waals surface area contributed by atoms with E-state index in [0.717, 1.165) is 39.1 Å². The highest BCUT2D eigenvalue weighted by Gasteiger charge is 2.16. The third-order valence-corrected chi connectivity index (χ3v) is 2.79. The van der Waals surface area contributed by atoms with Gasteiger partial charge in [0.2, 0.25) is 0 Å². The minimum atomic E-state index is -0.895. The number of carbonyl (C=O) groups is 2. The molecule has 1 unspecified atom stereocenters. The van der Waals surface area contributed by atoms with E-state index in [-0.39, 0.29) is 6.42 Å². The van der Waals surface area contributed by atoms with Crippen LogP contribution in [-0.4, -0.2) is 67.7 Å². The van der Waals surface area contributed by atoms with Crippen molar-refractivity contribution in [2.24, 2.45) is 0 Å². The van der Waals surface area contributed by atoms with Crippen molar-refractivity contribution in [1.82, 2.24) is 10.2 Å². The Bertz CT molecular complexity index is 242. The molecule has 6 heteroatoms. The molecule has 1 fully saturated rings. The second-order valence-electron chi connectivity index (χ2n) is 4.04. The fraction of sp³-hybridized carbons (Fsp3) is 0.818. The highest BCUT2D eigenvalue weighted by molar-refractivity contribution is 5.73. The first-order valence-electron chi connectivity index (χ1n) is 5.94. The minimum Gasteiger partial charge on any atom is -0.480 e. The molecule has 1 aliphatic heterocycles. The zero-order valence-corrected chi connectivity index (χ0v) is 9.93. The molecule has 1 aliphatic rings. The summed E-state index contributed by atoms with van der Waals surface area (Å²) in [7, 11) is 0. The minimum absolute atomic E-state index is 0.279. The van der Waals surface area contributed by atoms with Crippen LogP contribution in [0.5, 0.6) is 0 Å². The van der Waals surface area contributed by atoms with E-state index in [4.69, 9.17) is 9.84 Å². The van der Waals surface area contributed by atoms with Gasteiger partial charge in [-0.05, 0) is 6.42 Å². The van der Waals surface area contributed by atoms with Crippen LogP contribution < -0.4 is 5.32 Å². The number of carboxylic acid groups (broad SMARTS) is 1. The Balaban J connectivity index is 2.16. The van der Waals surface area contributed by atoms with Crippen LogP contribution in [0.25, 0.3) is 0 Å². The average molecular weight is 244 g/mol. The normalized spacial score (nSPS) is 18.8. The molecule has 0 spiro atoms. The number of morpholine rings is 1. The number of aldehydes is 1. The summed E-state index contributed by atoms with van der Waals surface area (Å²) in [5.41, 5.74) is 0. The number of rotatable bonds is 8. The molecule has 0 bridgehead atoms. The first-order valence-corrected chi connectivity index (χ1v) is 5.94. The number of carboxylic acids is 1. The lowest BCUT2D eigenvalue weighted by Gasteiger charge is -2.27. The number of carbonyl (C=O) groups excluding carboxylic acids is 1. The van der Waals surface area contributed by atoms with Gasteiger partial charge in [0.1, 0.15) is 12.3 Å². The molecular weight excluding hydrogens is 224 g/mol. The molecule has 98 valence electrons. The van der Waals surface area contributed by atoms with Crippen molar-refractivity contribution >= 4 is 12.3 Å². The fourth-order valence-corrected chi connectivity index (χ4v) is 1.77. The van der Waals surface area contributed by atoms with E-state index in [2.05, 4.69) is 10.2 Å². The maximum atomic E-state index is 10.9. The van der Waals surface area contributed by atoms with Crippen LogP contribution >= 0.6 is 0 Å². The molecule has 0 aromatic carbocycles. The van der Waals surface area contributed by atoms with Crippen molar-refractivity contribution < 1.29 is 19.4 Å². The van der Waals surface area contributed by atoms with Gasteiger partial charge in [-0.1, -0.05) is 0 Å². The SMILES string of the molecule is O=CCCC(NCCN1CCOCC1)C(=O)O. The van der Waals surface area contributed by atoms with Gasteiger partial charge in [0, 0.05) is 32.6 Å². The van der Waals surface area contributed by atoms with Gasteiger partial charge in [-0.25, -0.2) is 0 Å². The number of nitrogens with one attached hydrogen (secondary N) is 1. The van der Waals surface area contributed by atoms with Gasteiger partial charge in [-0.3, -0.25) is 9.69 Å². The Morgan fingerprint density at radius 3 is 2.76 bits per heavy atom. The highest BCUT2D eigenvalue weighted by Crippen LogP contribution is 1.98. The quantitative estimate of drug-likeness (QED) is 0.552. The van der Waals surface area contributed by atoms with E-state index in [9.17, 15) is 9.59 Å². The number of aliphatic carboxylic acids is 1.